The SMILES string of the molecule is Cc1noc2nc(C3CC3)cc(C(=O)N(C)[C@H](C)CC(C)C)c12. The number of aromatic nitrogens is 2. The number of rotatable bonds is 5. The van der Waals surface area contributed by atoms with Crippen molar-refractivity contribution >= 4 is 17.0 Å². The normalized spacial score (nSPS) is 16.1. The number of carbonyl (C=O) groups excluding carboxylic acids is 1. The average Bonchev–Trinajstić information content (AvgIpc) is 3.29. The molecular formula is C18H25N3O2. The number of nitrogens with zero attached hydrogens (tertiary/aromatic N) is 3. The van der Waals surface area contributed by atoms with E-state index in [1.54, 1.807) is 0 Å². The fourth-order valence-corrected chi connectivity index (χ4v) is 3.10. The van der Waals surface area contributed by atoms with Crippen LogP contribution >= 0.6 is 0 Å². The van der Waals surface area contributed by atoms with Gasteiger partial charge in [-0.25, -0.2) is 4.98 Å². The summed E-state index contributed by atoms with van der Waals surface area (Å²) in [6.45, 7) is 8.31. The first kappa shape index (κ1) is 16.0. The summed E-state index contributed by atoms with van der Waals surface area (Å²) in [7, 11) is 1.88. The summed E-state index contributed by atoms with van der Waals surface area (Å²) in [6, 6.07) is 2.14. The Kier molecular flexibility index (Phi) is 4.13. The molecule has 0 aromatic carbocycles. The van der Waals surface area contributed by atoms with Crippen molar-refractivity contribution in [2.24, 2.45) is 5.92 Å². The van der Waals surface area contributed by atoms with Crippen molar-refractivity contribution < 1.29 is 9.32 Å². The van der Waals surface area contributed by atoms with E-state index in [-0.39, 0.29) is 11.9 Å². The van der Waals surface area contributed by atoms with Crippen molar-refractivity contribution in [2.75, 3.05) is 7.05 Å². The first-order chi connectivity index (χ1) is 10.9. The molecule has 0 radical (unpaired) electrons. The molecule has 2 aromatic rings. The van der Waals surface area contributed by atoms with Gasteiger partial charge in [-0.3, -0.25) is 4.79 Å². The molecule has 3 rings (SSSR count). The molecule has 5 heteroatoms. The zero-order chi connectivity index (χ0) is 16.7. The van der Waals surface area contributed by atoms with Crippen LogP contribution in [0.1, 0.15) is 67.7 Å². The van der Waals surface area contributed by atoms with Gasteiger partial charge in [0, 0.05) is 24.7 Å². The molecule has 0 bridgehead atoms. The van der Waals surface area contributed by atoms with Crippen LogP contribution in [-0.4, -0.2) is 34.0 Å². The van der Waals surface area contributed by atoms with Gasteiger partial charge in [-0.15, -0.1) is 0 Å². The lowest BCUT2D eigenvalue weighted by Crippen LogP contribution is -2.36. The second-order valence-corrected chi connectivity index (χ2v) is 7.21. The monoisotopic (exact) mass is 315 g/mol. The minimum absolute atomic E-state index is 0.0266. The molecule has 0 N–H and O–H groups in total. The van der Waals surface area contributed by atoms with Crippen LogP contribution in [0.3, 0.4) is 0 Å². The molecule has 124 valence electrons. The van der Waals surface area contributed by atoms with E-state index in [0.29, 0.717) is 23.1 Å². The van der Waals surface area contributed by atoms with Crippen molar-refractivity contribution in [2.45, 2.75) is 58.9 Å². The molecule has 1 aliphatic rings. The molecule has 1 aliphatic carbocycles. The summed E-state index contributed by atoms with van der Waals surface area (Å²) in [5.74, 6) is 1.05. The lowest BCUT2D eigenvalue weighted by atomic mass is 10.0. The first-order valence-electron chi connectivity index (χ1n) is 8.42. The average molecular weight is 315 g/mol. The van der Waals surface area contributed by atoms with Gasteiger partial charge in [0.2, 0.25) is 0 Å². The Morgan fingerprint density at radius 3 is 2.70 bits per heavy atom. The van der Waals surface area contributed by atoms with Crippen LogP contribution in [0.5, 0.6) is 0 Å². The predicted molar refractivity (Wildman–Crippen MR) is 89.5 cm³/mol. The fraction of sp³-hybridized carbons (Fsp3) is 0.611. The van der Waals surface area contributed by atoms with Crippen molar-refractivity contribution in [1.29, 1.82) is 0 Å². The van der Waals surface area contributed by atoms with Crippen molar-refractivity contribution in [1.82, 2.24) is 15.0 Å². The molecule has 1 atom stereocenters. The molecule has 5 nitrogen and oxygen atoms in total. The molecule has 2 aromatic heterocycles. The summed E-state index contributed by atoms with van der Waals surface area (Å²) in [5, 5.41) is 4.76. The van der Waals surface area contributed by atoms with E-state index in [2.05, 4.69) is 30.9 Å². The summed E-state index contributed by atoms with van der Waals surface area (Å²) in [5.41, 5.74) is 2.85. The molecule has 0 saturated heterocycles. The molecule has 0 spiro atoms. The van der Waals surface area contributed by atoms with Crippen LogP contribution in [-0.2, 0) is 0 Å². The Morgan fingerprint density at radius 1 is 1.39 bits per heavy atom. The Balaban J connectivity index is 2.00. The van der Waals surface area contributed by atoms with Crippen molar-refractivity contribution in [3.05, 3.63) is 23.0 Å². The number of pyridine rings is 1. The molecule has 2 heterocycles. The van der Waals surface area contributed by atoms with Gasteiger partial charge in [-0.2, -0.15) is 0 Å². The van der Waals surface area contributed by atoms with Crippen molar-refractivity contribution in [3.8, 4) is 0 Å². The van der Waals surface area contributed by atoms with Gasteiger partial charge in [0.1, 0.15) is 0 Å². The third-order valence-electron chi connectivity index (χ3n) is 4.66. The Morgan fingerprint density at radius 2 is 2.09 bits per heavy atom. The number of amides is 1. The van der Waals surface area contributed by atoms with E-state index >= 15 is 0 Å². The maximum Gasteiger partial charge on any atom is 0.259 e. The molecule has 0 unspecified atom stereocenters. The minimum Gasteiger partial charge on any atom is -0.339 e. The van der Waals surface area contributed by atoms with E-state index < -0.39 is 0 Å². The maximum atomic E-state index is 13.1. The number of carbonyl (C=O) groups is 1. The van der Waals surface area contributed by atoms with Crippen LogP contribution in [0.25, 0.3) is 11.1 Å². The third kappa shape index (κ3) is 3.09. The fourth-order valence-electron chi connectivity index (χ4n) is 3.10. The van der Waals surface area contributed by atoms with E-state index in [1.165, 1.54) is 0 Å². The van der Waals surface area contributed by atoms with Crippen LogP contribution < -0.4 is 0 Å². The quantitative estimate of drug-likeness (QED) is 0.839. The van der Waals surface area contributed by atoms with Crippen LogP contribution in [0.4, 0.5) is 0 Å². The lowest BCUT2D eigenvalue weighted by Gasteiger charge is -2.26. The number of hydrogen-bond acceptors (Lipinski definition) is 4. The van der Waals surface area contributed by atoms with Gasteiger partial charge in [0.15, 0.2) is 0 Å². The van der Waals surface area contributed by atoms with Gasteiger partial charge in [0.05, 0.1) is 16.6 Å². The van der Waals surface area contributed by atoms with Gasteiger partial charge >= 0.3 is 0 Å². The highest BCUT2D eigenvalue weighted by atomic mass is 16.5. The second-order valence-electron chi connectivity index (χ2n) is 7.21. The number of aryl methyl sites for hydroxylation is 1. The Bertz CT molecular complexity index is 731. The van der Waals surface area contributed by atoms with Crippen molar-refractivity contribution in [3.63, 3.8) is 0 Å². The Hall–Kier alpha value is -1.91. The Labute approximate surface area is 137 Å². The van der Waals surface area contributed by atoms with Crippen LogP contribution in [0, 0.1) is 12.8 Å². The molecule has 0 aliphatic heterocycles. The second kappa shape index (κ2) is 5.95. The largest absolute Gasteiger partial charge is 0.339 e. The lowest BCUT2D eigenvalue weighted by molar-refractivity contribution is 0.0730. The summed E-state index contributed by atoms with van der Waals surface area (Å²) >= 11 is 0. The molecule has 1 fully saturated rings. The standard InChI is InChI=1S/C18H25N3O2/c1-10(2)8-11(3)21(5)18(22)14-9-15(13-6-7-13)19-17-16(14)12(4)20-23-17/h9-11,13H,6-8H2,1-5H3/t11-/m1/s1. The summed E-state index contributed by atoms with van der Waals surface area (Å²) < 4.78 is 5.33. The van der Waals surface area contributed by atoms with E-state index in [1.807, 2.05) is 24.9 Å². The van der Waals surface area contributed by atoms with Gasteiger partial charge < -0.3 is 9.42 Å². The van der Waals surface area contributed by atoms with E-state index in [4.69, 9.17) is 4.52 Å². The topological polar surface area (TPSA) is 59.2 Å². The zero-order valence-corrected chi connectivity index (χ0v) is 14.6. The maximum absolute atomic E-state index is 13.1. The zero-order valence-electron chi connectivity index (χ0n) is 14.6. The van der Waals surface area contributed by atoms with Crippen LogP contribution in [0.15, 0.2) is 10.6 Å². The predicted octanol–water partition coefficient (Wildman–Crippen LogP) is 3.92. The number of fused-ring (bicyclic) bond motifs is 1. The molecular weight excluding hydrogens is 290 g/mol. The molecule has 1 saturated carbocycles. The van der Waals surface area contributed by atoms with Gasteiger partial charge in [-0.05, 0) is 45.1 Å². The molecule has 1 amide bonds. The molecule has 23 heavy (non-hydrogen) atoms. The van der Waals surface area contributed by atoms with Gasteiger partial charge in [-0.1, -0.05) is 19.0 Å². The highest BCUT2D eigenvalue weighted by Crippen LogP contribution is 2.40. The van der Waals surface area contributed by atoms with Gasteiger partial charge in [0.25, 0.3) is 11.6 Å². The third-order valence-corrected chi connectivity index (χ3v) is 4.66. The summed E-state index contributed by atoms with van der Waals surface area (Å²) in [4.78, 5) is 19.4. The first-order valence-corrected chi connectivity index (χ1v) is 8.42. The summed E-state index contributed by atoms with van der Waals surface area (Å²) in [6.07, 6.45) is 3.26. The van der Waals surface area contributed by atoms with Crippen LogP contribution in [0.2, 0.25) is 0 Å². The minimum atomic E-state index is 0.0266. The highest BCUT2D eigenvalue weighted by molar-refractivity contribution is 6.06. The number of hydrogen-bond donors (Lipinski definition) is 0. The van der Waals surface area contributed by atoms with E-state index in [0.717, 1.165) is 36.0 Å². The van der Waals surface area contributed by atoms with E-state index in [9.17, 15) is 4.79 Å². The smallest absolute Gasteiger partial charge is 0.259 e. The highest BCUT2D eigenvalue weighted by Gasteiger charge is 2.30.